The zero-order valence-electron chi connectivity index (χ0n) is 12.4. The fourth-order valence-electron chi connectivity index (χ4n) is 1.94. The maximum atomic E-state index is 5.86. The Labute approximate surface area is 117 Å². The third-order valence-corrected chi connectivity index (χ3v) is 2.93. The average molecular weight is 265 g/mol. The zero-order valence-corrected chi connectivity index (χ0v) is 12.4. The summed E-state index contributed by atoms with van der Waals surface area (Å²) in [6.45, 7) is 6.92. The van der Waals surface area contributed by atoms with Crippen LogP contribution in [0.2, 0.25) is 0 Å². The molecule has 1 rings (SSSR count). The summed E-state index contributed by atoms with van der Waals surface area (Å²) < 4.78 is 10.9. The molecule has 1 atom stereocenters. The Kier molecular flexibility index (Phi) is 8.26. The first-order chi connectivity index (χ1) is 9.26. The van der Waals surface area contributed by atoms with Crippen molar-refractivity contribution >= 4 is 0 Å². The van der Waals surface area contributed by atoms with E-state index in [0.29, 0.717) is 0 Å². The molecule has 19 heavy (non-hydrogen) atoms. The topological polar surface area (TPSA) is 30.5 Å². The van der Waals surface area contributed by atoms with Gasteiger partial charge in [0.1, 0.15) is 11.9 Å². The number of benzene rings is 1. The molecule has 1 unspecified atom stereocenters. The number of nitrogens with one attached hydrogen (secondary N) is 1. The van der Waals surface area contributed by atoms with Crippen LogP contribution in [0.5, 0.6) is 5.75 Å². The molecule has 0 spiro atoms. The van der Waals surface area contributed by atoms with Crippen molar-refractivity contribution in [1.29, 1.82) is 0 Å². The molecule has 0 heterocycles. The highest BCUT2D eigenvalue weighted by atomic mass is 16.5. The van der Waals surface area contributed by atoms with Gasteiger partial charge in [-0.05, 0) is 44.0 Å². The third kappa shape index (κ3) is 7.19. The van der Waals surface area contributed by atoms with Gasteiger partial charge in [0.05, 0.1) is 0 Å². The Bertz CT molecular complexity index is 324. The minimum Gasteiger partial charge on any atom is -0.489 e. The van der Waals surface area contributed by atoms with Crippen LogP contribution in [0.1, 0.15) is 32.3 Å². The summed E-state index contributed by atoms with van der Waals surface area (Å²) in [5, 5.41) is 3.37. The van der Waals surface area contributed by atoms with E-state index in [9.17, 15) is 0 Å². The second-order valence-corrected chi connectivity index (χ2v) is 4.87. The lowest BCUT2D eigenvalue weighted by Gasteiger charge is -2.15. The lowest BCUT2D eigenvalue weighted by atomic mass is 10.1. The van der Waals surface area contributed by atoms with Crippen LogP contribution in [0.15, 0.2) is 24.3 Å². The van der Waals surface area contributed by atoms with E-state index in [1.165, 1.54) is 12.0 Å². The Hall–Kier alpha value is -1.06. The first-order valence-corrected chi connectivity index (χ1v) is 7.21. The molecule has 3 heteroatoms. The molecule has 0 fully saturated rings. The number of ether oxygens (including phenoxy) is 2. The fourth-order valence-corrected chi connectivity index (χ4v) is 1.94. The van der Waals surface area contributed by atoms with Gasteiger partial charge in [-0.2, -0.15) is 0 Å². The molecular weight excluding hydrogens is 238 g/mol. The van der Waals surface area contributed by atoms with Crippen LogP contribution < -0.4 is 10.1 Å². The number of aryl methyl sites for hydroxylation is 1. The van der Waals surface area contributed by atoms with Crippen molar-refractivity contribution in [3.63, 3.8) is 0 Å². The highest BCUT2D eigenvalue weighted by Crippen LogP contribution is 2.14. The van der Waals surface area contributed by atoms with Gasteiger partial charge >= 0.3 is 0 Å². The average Bonchev–Trinajstić information content (AvgIpc) is 2.41. The van der Waals surface area contributed by atoms with E-state index in [4.69, 9.17) is 9.47 Å². The first-order valence-electron chi connectivity index (χ1n) is 7.21. The van der Waals surface area contributed by atoms with Gasteiger partial charge in [-0.3, -0.25) is 0 Å². The SMILES string of the molecule is CCCc1ccc(OC(C)CNCCCOC)cc1. The molecule has 0 aliphatic heterocycles. The molecule has 0 saturated heterocycles. The van der Waals surface area contributed by atoms with E-state index < -0.39 is 0 Å². The van der Waals surface area contributed by atoms with E-state index >= 15 is 0 Å². The van der Waals surface area contributed by atoms with Gasteiger partial charge in [0.15, 0.2) is 0 Å². The second kappa shape index (κ2) is 9.82. The van der Waals surface area contributed by atoms with Crippen LogP contribution in [-0.4, -0.2) is 32.9 Å². The number of hydrogen-bond acceptors (Lipinski definition) is 3. The molecule has 3 nitrogen and oxygen atoms in total. The highest BCUT2D eigenvalue weighted by molar-refractivity contribution is 5.27. The van der Waals surface area contributed by atoms with E-state index in [0.717, 1.165) is 38.3 Å². The second-order valence-electron chi connectivity index (χ2n) is 4.87. The fraction of sp³-hybridized carbons (Fsp3) is 0.625. The van der Waals surface area contributed by atoms with Gasteiger partial charge in [0, 0.05) is 20.3 Å². The molecule has 0 aliphatic carbocycles. The molecule has 0 saturated carbocycles. The van der Waals surface area contributed by atoms with Gasteiger partial charge < -0.3 is 14.8 Å². The summed E-state index contributed by atoms with van der Waals surface area (Å²) in [5.41, 5.74) is 1.38. The molecule has 0 aliphatic rings. The summed E-state index contributed by atoms with van der Waals surface area (Å²) >= 11 is 0. The quantitative estimate of drug-likeness (QED) is 0.660. The first kappa shape index (κ1) is 16.0. The molecule has 108 valence electrons. The molecular formula is C16H27NO2. The molecule has 1 aromatic rings. The van der Waals surface area contributed by atoms with Crippen molar-refractivity contribution in [3.8, 4) is 5.75 Å². The maximum absolute atomic E-state index is 5.86. The summed E-state index contributed by atoms with van der Waals surface area (Å²) in [6, 6.07) is 8.42. The highest BCUT2D eigenvalue weighted by Gasteiger charge is 2.03. The van der Waals surface area contributed by atoms with Crippen molar-refractivity contribution in [2.24, 2.45) is 0 Å². The van der Waals surface area contributed by atoms with Gasteiger partial charge in [-0.15, -0.1) is 0 Å². The predicted molar refractivity (Wildman–Crippen MR) is 79.9 cm³/mol. The van der Waals surface area contributed by atoms with E-state index in [1.54, 1.807) is 7.11 Å². The van der Waals surface area contributed by atoms with Crippen LogP contribution in [0, 0.1) is 0 Å². The van der Waals surface area contributed by atoms with Crippen LogP contribution in [0.4, 0.5) is 0 Å². The van der Waals surface area contributed by atoms with Crippen LogP contribution in [0.25, 0.3) is 0 Å². The normalized spacial score (nSPS) is 12.4. The standard InChI is InChI=1S/C16H27NO2/c1-4-6-15-7-9-16(10-8-15)19-14(2)13-17-11-5-12-18-3/h7-10,14,17H,4-6,11-13H2,1-3H3. The third-order valence-electron chi connectivity index (χ3n) is 2.93. The Morgan fingerprint density at radius 1 is 1.21 bits per heavy atom. The summed E-state index contributed by atoms with van der Waals surface area (Å²) in [7, 11) is 1.73. The summed E-state index contributed by atoms with van der Waals surface area (Å²) in [6.07, 6.45) is 3.54. The Morgan fingerprint density at radius 2 is 1.95 bits per heavy atom. The van der Waals surface area contributed by atoms with Crippen LogP contribution in [-0.2, 0) is 11.2 Å². The summed E-state index contributed by atoms with van der Waals surface area (Å²) in [4.78, 5) is 0. The van der Waals surface area contributed by atoms with Crippen LogP contribution in [0.3, 0.4) is 0 Å². The van der Waals surface area contributed by atoms with Crippen molar-refractivity contribution < 1.29 is 9.47 Å². The molecule has 1 aromatic carbocycles. The molecule has 1 N–H and O–H groups in total. The van der Waals surface area contributed by atoms with Crippen molar-refractivity contribution in [1.82, 2.24) is 5.32 Å². The molecule has 0 bridgehead atoms. The Morgan fingerprint density at radius 3 is 2.58 bits per heavy atom. The smallest absolute Gasteiger partial charge is 0.119 e. The monoisotopic (exact) mass is 265 g/mol. The number of rotatable bonds is 10. The van der Waals surface area contributed by atoms with Gasteiger partial charge in [-0.1, -0.05) is 25.5 Å². The van der Waals surface area contributed by atoms with Gasteiger partial charge in [0.2, 0.25) is 0 Å². The number of hydrogen-bond donors (Lipinski definition) is 1. The zero-order chi connectivity index (χ0) is 13.9. The Balaban J connectivity index is 2.22. The van der Waals surface area contributed by atoms with Gasteiger partial charge in [0.25, 0.3) is 0 Å². The lowest BCUT2D eigenvalue weighted by Crippen LogP contribution is -2.30. The summed E-state index contributed by atoms with van der Waals surface area (Å²) in [5.74, 6) is 0.950. The van der Waals surface area contributed by atoms with Gasteiger partial charge in [-0.25, -0.2) is 0 Å². The minimum absolute atomic E-state index is 0.180. The lowest BCUT2D eigenvalue weighted by molar-refractivity contribution is 0.188. The van der Waals surface area contributed by atoms with Crippen LogP contribution >= 0.6 is 0 Å². The molecule has 0 amide bonds. The van der Waals surface area contributed by atoms with Crippen molar-refractivity contribution in [2.45, 2.75) is 39.2 Å². The largest absolute Gasteiger partial charge is 0.489 e. The van der Waals surface area contributed by atoms with E-state index in [1.807, 2.05) is 0 Å². The molecule has 0 radical (unpaired) electrons. The minimum atomic E-state index is 0.180. The predicted octanol–water partition coefficient (Wildman–Crippen LogP) is 3.03. The van der Waals surface area contributed by atoms with Crippen molar-refractivity contribution in [2.75, 3.05) is 26.8 Å². The van der Waals surface area contributed by atoms with E-state index in [-0.39, 0.29) is 6.10 Å². The molecule has 0 aromatic heterocycles. The van der Waals surface area contributed by atoms with Crippen molar-refractivity contribution in [3.05, 3.63) is 29.8 Å². The number of methoxy groups -OCH3 is 1. The van der Waals surface area contributed by atoms with E-state index in [2.05, 4.69) is 43.4 Å². The maximum Gasteiger partial charge on any atom is 0.119 e.